The number of benzene rings is 2. The zero-order valence-corrected chi connectivity index (χ0v) is 18.9. The molecule has 0 saturated carbocycles. The lowest BCUT2D eigenvalue weighted by Gasteiger charge is -2.32. The third-order valence-corrected chi connectivity index (χ3v) is 5.99. The number of anilines is 1. The molecule has 1 saturated heterocycles. The van der Waals surface area contributed by atoms with E-state index in [1.165, 1.54) is 5.69 Å². The van der Waals surface area contributed by atoms with Crippen LogP contribution in [0, 0.1) is 18.7 Å². The van der Waals surface area contributed by atoms with Crippen molar-refractivity contribution in [3.8, 4) is 0 Å². The molecule has 1 unspecified atom stereocenters. The number of aliphatic hydroxyl groups is 1. The summed E-state index contributed by atoms with van der Waals surface area (Å²) in [5, 5.41) is 15.9. The van der Waals surface area contributed by atoms with Crippen LogP contribution in [0.25, 0.3) is 0 Å². The minimum Gasteiger partial charge on any atom is -0.396 e. The van der Waals surface area contributed by atoms with Crippen LogP contribution in [-0.2, 0) is 6.54 Å². The van der Waals surface area contributed by atoms with Gasteiger partial charge in [0.05, 0.1) is 12.6 Å². The van der Waals surface area contributed by atoms with Crippen LogP contribution >= 0.6 is 0 Å². The first-order valence-electron chi connectivity index (χ1n) is 11.3. The lowest BCUT2D eigenvalue weighted by Crippen LogP contribution is -2.38. The van der Waals surface area contributed by atoms with Gasteiger partial charge in [-0.05, 0) is 74.4 Å². The number of halogens is 1. The molecule has 1 aliphatic rings. The highest BCUT2D eigenvalue weighted by molar-refractivity contribution is 5.80. The van der Waals surface area contributed by atoms with Crippen LogP contribution in [0.1, 0.15) is 49.4 Å². The molecule has 0 spiro atoms. The Morgan fingerprint density at radius 1 is 1.19 bits per heavy atom. The van der Waals surface area contributed by atoms with Crippen LogP contribution < -0.4 is 15.5 Å². The second kappa shape index (κ2) is 11.1. The van der Waals surface area contributed by atoms with Crippen molar-refractivity contribution in [2.24, 2.45) is 10.9 Å². The van der Waals surface area contributed by atoms with Crippen LogP contribution in [0.3, 0.4) is 0 Å². The van der Waals surface area contributed by atoms with Crippen molar-refractivity contribution in [3.05, 3.63) is 65.0 Å². The standard InChI is InChI=1S/C25H35FN4O/c1-4-27-25(29-19(3)22-8-5-18(2)24(26)15-22)28-16-20-6-9-23(10-7-20)30-13-11-21(17-31)12-14-30/h5-10,15,19,21,31H,4,11-14,16-17H2,1-3H3,(H2,27,28,29). The molecule has 2 aromatic carbocycles. The van der Waals surface area contributed by atoms with E-state index in [1.54, 1.807) is 19.1 Å². The number of hydrogen-bond donors (Lipinski definition) is 3. The number of nitrogens with zero attached hydrogens (tertiary/aromatic N) is 2. The van der Waals surface area contributed by atoms with Gasteiger partial charge in [0.25, 0.3) is 0 Å². The van der Waals surface area contributed by atoms with Gasteiger partial charge in [0.2, 0.25) is 0 Å². The maximum Gasteiger partial charge on any atom is 0.192 e. The van der Waals surface area contributed by atoms with Crippen molar-refractivity contribution in [2.75, 3.05) is 31.1 Å². The summed E-state index contributed by atoms with van der Waals surface area (Å²) < 4.78 is 13.9. The number of guanidine groups is 1. The van der Waals surface area contributed by atoms with Gasteiger partial charge in [-0.15, -0.1) is 0 Å². The van der Waals surface area contributed by atoms with Gasteiger partial charge in [-0.1, -0.05) is 24.3 Å². The number of rotatable bonds is 7. The van der Waals surface area contributed by atoms with Gasteiger partial charge in [0.1, 0.15) is 5.82 Å². The number of nitrogens with one attached hydrogen (secondary N) is 2. The summed E-state index contributed by atoms with van der Waals surface area (Å²) in [6, 6.07) is 13.8. The molecule has 1 fully saturated rings. The highest BCUT2D eigenvalue weighted by Crippen LogP contribution is 2.23. The molecule has 1 aliphatic heterocycles. The van der Waals surface area contributed by atoms with Gasteiger partial charge in [0, 0.05) is 31.9 Å². The van der Waals surface area contributed by atoms with E-state index < -0.39 is 0 Å². The highest BCUT2D eigenvalue weighted by Gasteiger charge is 2.18. The summed E-state index contributed by atoms with van der Waals surface area (Å²) in [5.41, 5.74) is 3.91. The van der Waals surface area contributed by atoms with E-state index in [4.69, 9.17) is 4.99 Å². The molecule has 2 aromatic rings. The molecule has 1 atom stereocenters. The number of aryl methyl sites for hydroxylation is 1. The Kier molecular flexibility index (Phi) is 8.29. The van der Waals surface area contributed by atoms with E-state index in [2.05, 4.69) is 39.8 Å². The zero-order chi connectivity index (χ0) is 22.2. The normalized spacial score (nSPS) is 16.3. The first-order valence-corrected chi connectivity index (χ1v) is 11.3. The predicted molar refractivity (Wildman–Crippen MR) is 126 cm³/mol. The molecular formula is C25H35FN4O. The molecule has 168 valence electrons. The van der Waals surface area contributed by atoms with Gasteiger partial charge in [-0.2, -0.15) is 0 Å². The minimum absolute atomic E-state index is 0.0582. The molecule has 0 radical (unpaired) electrons. The third kappa shape index (κ3) is 6.44. The molecule has 0 amide bonds. The summed E-state index contributed by atoms with van der Waals surface area (Å²) in [6.45, 7) is 9.41. The van der Waals surface area contributed by atoms with Crippen molar-refractivity contribution in [1.29, 1.82) is 0 Å². The maximum atomic E-state index is 13.9. The molecule has 0 aromatic heterocycles. The van der Waals surface area contributed by atoms with E-state index in [0.717, 1.165) is 43.6 Å². The quantitative estimate of drug-likeness (QED) is 0.460. The van der Waals surface area contributed by atoms with Crippen LogP contribution in [0.4, 0.5) is 10.1 Å². The molecule has 31 heavy (non-hydrogen) atoms. The monoisotopic (exact) mass is 426 g/mol. The van der Waals surface area contributed by atoms with Crippen molar-refractivity contribution < 1.29 is 9.50 Å². The van der Waals surface area contributed by atoms with E-state index in [0.29, 0.717) is 30.6 Å². The predicted octanol–water partition coefficient (Wildman–Crippen LogP) is 4.16. The van der Waals surface area contributed by atoms with Crippen molar-refractivity contribution in [3.63, 3.8) is 0 Å². The lowest BCUT2D eigenvalue weighted by atomic mass is 9.97. The van der Waals surface area contributed by atoms with E-state index >= 15 is 0 Å². The third-order valence-electron chi connectivity index (χ3n) is 5.99. The Bertz CT molecular complexity index is 860. The van der Waals surface area contributed by atoms with E-state index in [-0.39, 0.29) is 11.9 Å². The van der Waals surface area contributed by atoms with E-state index in [1.807, 2.05) is 19.9 Å². The fraction of sp³-hybridized carbons (Fsp3) is 0.480. The van der Waals surface area contributed by atoms with Crippen molar-refractivity contribution in [1.82, 2.24) is 10.6 Å². The fourth-order valence-electron chi connectivity index (χ4n) is 3.84. The van der Waals surface area contributed by atoms with Gasteiger partial charge in [-0.25, -0.2) is 9.38 Å². The Labute approximate surface area is 185 Å². The molecule has 0 bridgehead atoms. The zero-order valence-electron chi connectivity index (χ0n) is 18.9. The number of aliphatic hydroxyl groups excluding tert-OH is 1. The summed E-state index contributed by atoms with van der Waals surface area (Å²) >= 11 is 0. The molecule has 0 aliphatic carbocycles. The number of aliphatic imine (C=N–C) groups is 1. The molecule has 3 N–H and O–H groups in total. The van der Waals surface area contributed by atoms with Gasteiger partial charge >= 0.3 is 0 Å². The summed E-state index contributed by atoms with van der Waals surface area (Å²) in [7, 11) is 0. The SMILES string of the molecule is CCNC(=NCc1ccc(N2CCC(CO)CC2)cc1)NC(C)c1ccc(C)c(F)c1. The molecular weight excluding hydrogens is 391 g/mol. The maximum absolute atomic E-state index is 13.9. The highest BCUT2D eigenvalue weighted by atomic mass is 19.1. The van der Waals surface area contributed by atoms with Crippen LogP contribution in [0.2, 0.25) is 0 Å². The summed E-state index contributed by atoms with van der Waals surface area (Å²) in [4.78, 5) is 7.09. The number of hydrogen-bond acceptors (Lipinski definition) is 3. The largest absolute Gasteiger partial charge is 0.396 e. The van der Waals surface area contributed by atoms with Gasteiger partial charge in [-0.3, -0.25) is 0 Å². The van der Waals surface area contributed by atoms with Crippen LogP contribution in [0.5, 0.6) is 0 Å². The molecule has 5 nitrogen and oxygen atoms in total. The summed E-state index contributed by atoms with van der Waals surface area (Å²) in [6.07, 6.45) is 2.09. The molecule has 6 heteroatoms. The smallest absolute Gasteiger partial charge is 0.192 e. The van der Waals surface area contributed by atoms with E-state index in [9.17, 15) is 9.50 Å². The topological polar surface area (TPSA) is 59.9 Å². The van der Waals surface area contributed by atoms with Crippen LogP contribution in [0.15, 0.2) is 47.5 Å². The van der Waals surface area contributed by atoms with Gasteiger partial charge < -0.3 is 20.6 Å². The fourth-order valence-corrected chi connectivity index (χ4v) is 3.84. The first-order chi connectivity index (χ1) is 15.0. The first kappa shape index (κ1) is 23.1. The Morgan fingerprint density at radius 2 is 1.90 bits per heavy atom. The van der Waals surface area contributed by atoms with Crippen molar-refractivity contribution >= 4 is 11.6 Å². The average molecular weight is 427 g/mol. The van der Waals surface area contributed by atoms with Crippen molar-refractivity contribution in [2.45, 2.75) is 46.2 Å². The Morgan fingerprint density at radius 3 is 2.52 bits per heavy atom. The lowest BCUT2D eigenvalue weighted by molar-refractivity contribution is 0.203. The number of piperidine rings is 1. The van der Waals surface area contributed by atoms with Crippen LogP contribution in [-0.4, -0.2) is 37.3 Å². The minimum atomic E-state index is -0.186. The Balaban J connectivity index is 1.60. The Hall–Kier alpha value is -2.60. The summed E-state index contributed by atoms with van der Waals surface area (Å²) in [5.74, 6) is 0.973. The second-order valence-corrected chi connectivity index (χ2v) is 8.35. The second-order valence-electron chi connectivity index (χ2n) is 8.35. The molecule has 1 heterocycles. The van der Waals surface area contributed by atoms with Gasteiger partial charge in [0.15, 0.2) is 5.96 Å². The average Bonchev–Trinajstić information content (AvgIpc) is 2.80. The molecule has 3 rings (SSSR count).